The molecule has 2 aromatic carbocycles. The minimum Gasteiger partial charge on any atom is -0.497 e. The molecule has 178 valence electrons. The number of rotatable bonds is 9. The van der Waals surface area contributed by atoms with E-state index in [1.807, 2.05) is 30.3 Å². The lowest BCUT2D eigenvalue weighted by Crippen LogP contribution is -2.25. The van der Waals surface area contributed by atoms with E-state index in [2.05, 4.69) is 45.1 Å². The van der Waals surface area contributed by atoms with Crippen LogP contribution in [-0.2, 0) is 17.8 Å². The maximum atomic E-state index is 12.4. The maximum Gasteiger partial charge on any atom is 0.229 e. The first-order valence-corrected chi connectivity index (χ1v) is 12.5. The zero-order valence-corrected chi connectivity index (χ0v) is 19.8. The fourth-order valence-corrected chi connectivity index (χ4v) is 5.21. The average molecular weight is 459 g/mol. The molecule has 3 N–H and O–H groups in total. The van der Waals surface area contributed by atoms with Gasteiger partial charge in [-0.2, -0.15) is 5.10 Å². The van der Waals surface area contributed by atoms with Crippen LogP contribution in [-0.4, -0.2) is 29.3 Å². The molecule has 0 atom stereocenters. The van der Waals surface area contributed by atoms with Crippen molar-refractivity contribution in [2.45, 2.75) is 69.4 Å². The molecule has 5 rings (SSSR count). The van der Waals surface area contributed by atoms with E-state index in [9.17, 15) is 4.79 Å². The third kappa shape index (κ3) is 5.50. The Morgan fingerprint density at radius 3 is 2.59 bits per heavy atom. The Bertz CT molecular complexity index is 1100. The standard InChI is InChI=1S/C28H34N4O2/c1-34-25-11-9-19(10-12-25)14-28(33)30-27-17-26(31-32-27)23-15-22(16-23)21-6-4-5-20(13-21)18-29-24-7-2-3-8-24/h4-6,9-13,17,22-24,29H,2-3,7-8,14-16,18H2,1H3,(H2,30,31,32,33). The fourth-order valence-electron chi connectivity index (χ4n) is 5.21. The van der Waals surface area contributed by atoms with Crippen molar-refractivity contribution in [3.05, 3.63) is 77.0 Å². The molecule has 3 aromatic rings. The van der Waals surface area contributed by atoms with E-state index in [1.54, 1.807) is 7.11 Å². The van der Waals surface area contributed by atoms with Crippen LogP contribution in [0.4, 0.5) is 5.82 Å². The maximum absolute atomic E-state index is 12.4. The summed E-state index contributed by atoms with van der Waals surface area (Å²) >= 11 is 0. The van der Waals surface area contributed by atoms with Crippen molar-refractivity contribution in [2.24, 2.45) is 0 Å². The summed E-state index contributed by atoms with van der Waals surface area (Å²) in [7, 11) is 1.63. The molecular formula is C28H34N4O2. The van der Waals surface area contributed by atoms with Crippen molar-refractivity contribution in [1.29, 1.82) is 0 Å². The quantitative estimate of drug-likeness (QED) is 0.407. The van der Waals surface area contributed by atoms with E-state index < -0.39 is 0 Å². The smallest absolute Gasteiger partial charge is 0.229 e. The molecule has 34 heavy (non-hydrogen) atoms. The fraction of sp³-hybridized carbons (Fsp3) is 0.429. The number of benzene rings is 2. The van der Waals surface area contributed by atoms with Gasteiger partial charge in [0.1, 0.15) is 11.6 Å². The summed E-state index contributed by atoms with van der Waals surface area (Å²) in [6.45, 7) is 0.966. The molecule has 0 unspecified atom stereocenters. The Morgan fingerprint density at radius 2 is 1.82 bits per heavy atom. The van der Waals surface area contributed by atoms with Crippen molar-refractivity contribution in [3.63, 3.8) is 0 Å². The number of ether oxygens (including phenoxy) is 1. The van der Waals surface area contributed by atoms with Crippen LogP contribution in [0.1, 0.15) is 72.7 Å². The van der Waals surface area contributed by atoms with Gasteiger partial charge in [-0.3, -0.25) is 9.89 Å². The van der Waals surface area contributed by atoms with Crippen LogP contribution in [0.3, 0.4) is 0 Å². The van der Waals surface area contributed by atoms with E-state index in [4.69, 9.17) is 4.74 Å². The molecule has 2 saturated carbocycles. The van der Waals surface area contributed by atoms with E-state index in [-0.39, 0.29) is 5.91 Å². The molecule has 1 amide bonds. The number of aromatic amines is 1. The number of nitrogens with zero attached hydrogens (tertiary/aromatic N) is 1. The molecule has 0 aliphatic heterocycles. The van der Waals surface area contributed by atoms with Crippen LogP contribution in [0.2, 0.25) is 0 Å². The number of nitrogens with one attached hydrogen (secondary N) is 3. The Kier molecular flexibility index (Phi) is 6.95. The third-order valence-corrected chi connectivity index (χ3v) is 7.32. The van der Waals surface area contributed by atoms with E-state index in [1.165, 1.54) is 36.8 Å². The Labute approximate surface area is 201 Å². The van der Waals surface area contributed by atoms with Gasteiger partial charge in [-0.15, -0.1) is 0 Å². The number of carbonyl (C=O) groups excluding carboxylic acids is 1. The molecule has 2 aliphatic carbocycles. The predicted molar refractivity (Wildman–Crippen MR) is 134 cm³/mol. The van der Waals surface area contributed by atoms with Gasteiger partial charge in [0.05, 0.1) is 19.2 Å². The summed E-state index contributed by atoms with van der Waals surface area (Å²) < 4.78 is 5.17. The molecule has 2 fully saturated rings. The number of methoxy groups -OCH3 is 1. The molecule has 0 saturated heterocycles. The topological polar surface area (TPSA) is 79.0 Å². The Hall–Kier alpha value is -3.12. The van der Waals surface area contributed by atoms with Gasteiger partial charge in [-0.25, -0.2) is 0 Å². The van der Waals surface area contributed by atoms with Gasteiger partial charge in [0.2, 0.25) is 5.91 Å². The SMILES string of the molecule is COc1ccc(CC(=O)Nc2cc(C3CC(c4cccc(CNC5CCCC5)c4)C3)n[nH]2)cc1. The van der Waals surface area contributed by atoms with Crippen LogP contribution in [0.25, 0.3) is 0 Å². The molecule has 6 heteroatoms. The second-order valence-electron chi connectivity index (χ2n) is 9.75. The summed E-state index contributed by atoms with van der Waals surface area (Å²) in [6, 6.07) is 19.3. The second kappa shape index (κ2) is 10.4. The highest BCUT2D eigenvalue weighted by molar-refractivity contribution is 5.91. The Morgan fingerprint density at radius 1 is 1.03 bits per heavy atom. The zero-order chi connectivity index (χ0) is 23.3. The number of hydrogen-bond acceptors (Lipinski definition) is 4. The van der Waals surface area contributed by atoms with Gasteiger partial charge in [-0.05, 0) is 60.4 Å². The van der Waals surface area contributed by atoms with Gasteiger partial charge < -0.3 is 15.4 Å². The van der Waals surface area contributed by atoms with Crippen LogP contribution in [0.15, 0.2) is 54.6 Å². The highest BCUT2D eigenvalue weighted by atomic mass is 16.5. The monoisotopic (exact) mass is 458 g/mol. The summed E-state index contributed by atoms with van der Waals surface area (Å²) in [5.41, 5.74) is 4.80. The van der Waals surface area contributed by atoms with Crippen molar-refractivity contribution in [2.75, 3.05) is 12.4 Å². The molecule has 1 aromatic heterocycles. The van der Waals surface area contributed by atoms with Gasteiger partial charge in [0, 0.05) is 24.6 Å². The van der Waals surface area contributed by atoms with Crippen molar-refractivity contribution in [1.82, 2.24) is 15.5 Å². The molecule has 1 heterocycles. The first-order valence-electron chi connectivity index (χ1n) is 12.5. The van der Waals surface area contributed by atoms with Crippen LogP contribution in [0.5, 0.6) is 5.75 Å². The van der Waals surface area contributed by atoms with E-state index in [0.717, 1.165) is 36.4 Å². The molecule has 0 spiro atoms. The number of anilines is 1. The van der Waals surface area contributed by atoms with Gasteiger partial charge in [-0.1, -0.05) is 49.2 Å². The number of carbonyl (C=O) groups is 1. The number of aromatic nitrogens is 2. The molecule has 2 aliphatic rings. The number of hydrogen-bond donors (Lipinski definition) is 3. The van der Waals surface area contributed by atoms with Crippen molar-refractivity contribution >= 4 is 11.7 Å². The van der Waals surface area contributed by atoms with E-state index in [0.29, 0.717) is 30.1 Å². The summed E-state index contributed by atoms with van der Waals surface area (Å²) in [5.74, 6) is 2.41. The highest BCUT2D eigenvalue weighted by Crippen LogP contribution is 2.47. The average Bonchev–Trinajstić information content (AvgIpc) is 3.50. The predicted octanol–water partition coefficient (Wildman–Crippen LogP) is 5.29. The zero-order valence-electron chi connectivity index (χ0n) is 19.8. The minimum atomic E-state index is -0.0603. The lowest BCUT2D eigenvalue weighted by molar-refractivity contribution is -0.115. The highest BCUT2D eigenvalue weighted by Gasteiger charge is 2.33. The van der Waals surface area contributed by atoms with Crippen LogP contribution >= 0.6 is 0 Å². The van der Waals surface area contributed by atoms with Crippen LogP contribution in [0, 0.1) is 0 Å². The summed E-state index contributed by atoms with van der Waals surface area (Å²) in [5, 5.41) is 14.1. The normalized spacial score (nSPS) is 20.1. The van der Waals surface area contributed by atoms with Gasteiger partial charge in [0.25, 0.3) is 0 Å². The first-order chi connectivity index (χ1) is 16.7. The summed E-state index contributed by atoms with van der Waals surface area (Å²) in [4.78, 5) is 12.4. The van der Waals surface area contributed by atoms with Crippen molar-refractivity contribution < 1.29 is 9.53 Å². The molecule has 0 bridgehead atoms. The summed E-state index contributed by atoms with van der Waals surface area (Å²) in [6.07, 6.45) is 7.88. The van der Waals surface area contributed by atoms with Crippen LogP contribution < -0.4 is 15.4 Å². The molecule has 0 radical (unpaired) electrons. The molecule has 6 nitrogen and oxygen atoms in total. The largest absolute Gasteiger partial charge is 0.497 e. The lowest BCUT2D eigenvalue weighted by Gasteiger charge is -2.34. The number of H-pyrrole nitrogens is 1. The van der Waals surface area contributed by atoms with Gasteiger partial charge >= 0.3 is 0 Å². The first kappa shape index (κ1) is 22.7. The Balaban J connectivity index is 1.10. The molecular weight excluding hydrogens is 424 g/mol. The lowest BCUT2D eigenvalue weighted by atomic mass is 9.70. The van der Waals surface area contributed by atoms with E-state index >= 15 is 0 Å². The van der Waals surface area contributed by atoms with Gasteiger partial charge in [0.15, 0.2) is 0 Å². The third-order valence-electron chi connectivity index (χ3n) is 7.32. The van der Waals surface area contributed by atoms with Crippen molar-refractivity contribution in [3.8, 4) is 5.75 Å². The second-order valence-corrected chi connectivity index (χ2v) is 9.75. The number of amides is 1. The minimum absolute atomic E-state index is 0.0603.